The Kier molecular flexibility index (Phi) is 3.35. The van der Waals surface area contributed by atoms with Crippen molar-refractivity contribution in [1.29, 1.82) is 5.26 Å². The van der Waals surface area contributed by atoms with Crippen LogP contribution in [-0.4, -0.2) is 10.8 Å². The summed E-state index contributed by atoms with van der Waals surface area (Å²) in [4.78, 5) is 20.8. The zero-order valence-electron chi connectivity index (χ0n) is 8.08. The predicted molar refractivity (Wildman–Crippen MR) is 55.9 cm³/mol. The van der Waals surface area contributed by atoms with Crippen molar-refractivity contribution in [3.63, 3.8) is 0 Å². The summed E-state index contributed by atoms with van der Waals surface area (Å²) in [6.07, 6.45) is 1.10. The van der Waals surface area contributed by atoms with Crippen molar-refractivity contribution in [1.82, 2.24) is 0 Å². The lowest BCUT2D eigenvalue weighted by Crippen LogP contribution is -2.12. The fraction of sp³-hybridized carbons (Fsp3) is 0. The molecule has 0 aliphatic rings. The van der Waals surface area contributed by atoms with Gasteiger partial charge in [0.05, 0.1) is 10.5 Å². The Bertz CT molecular complexity index is 514. The average molecular weight is 217 g/mol. The van der Waals surface area contributed by atoms with E-state index < -0.39 is 10.8 Å². The van der Waals surface area contributed by atoms with Crippen LogP contribution in [0.4, 0.5) is 5.69 Å². The van der Waals surface area contributed by atoms with Crippen LogP contribution in [0.15, 0.2) is 29.8 Å². The first-order valence-corrected chi connectivity index (χ1v) is 4.21. The number of benzene rings is 1. The number of carbonyl (C=O) groups excluding carboxylic acids is 1. The first-order valence-electron chi connectivity index (χ1n) is 4.21. The average Bonchev–Trinajstić information content (AvgIpc) is 2.25. The van der Waals surface area contributed by atoms with Crippen molar-refractivity contribution in [2.45, 2.75) is 0 Å². The predicted octanol–water partition coefficient (Wildman–Crippen LogP) is 0.987. The molecule has 0 radical (unpaired) electrons. The molecule has 1 aromatic carbocycles. The number of nitrogens with two attached hydrogens (primary N) is 1. The van der Waals surface area contributed by atoms with Gasteiger partial charge in [0.25, 0.3) is 11.6 Å². The molecule has 0 bridgehead atoms. The van der Waals surface area contributed by atoms with Gasteiger partial charge in [0.2, 0.25) is 0 Å². The Morgan fingerprint density at radius 3 is 2.62 bits per heavy atom. The van der Waals surface area contributed by atoms with E-state index in [2.05, 4.69) is 0 Å². The summed E-state index contributed by atoms with van der Waals surface area (Å²) >= 11 is 0. The summed E-state index contributed by atoms with van der Waals surface area (Å²) in [6, 6.07) is 7.34. The Balaban J connectivity index is 3.30. The monoisotopic (exact) mass is 217 g/mol. The first kappa shape index (κ1) is 11.4. The number of nitro groups is 1. The largest absolute Gasteiger partial charge is 0.365 e. The second-order valence-corrected chi connectivity index (χ2v) is 2.85. The van der Waals surface area contributed by atoms with Gasteiger partial charge in [-0.05, 0) is 12.1 Å². The fourth-order valence-corrected chi connectivity index (χ4v) is 1.09. The second kappa shape index (κ2) is 4.70. The van der Waals surface area contributed by atoms with Crippen LogP contribution in [0.3, 0.4) is 0 Å². The van der Waals surface area contributed by atoms with Crippen LogP contribution in [0.2, 0.25) is 0 Å². The van der Waals surface area contributed by atoms with Crippen molar-refractivity contribution < 1.29 is 9.72 Å². The molecule has 6 nitrogen and oxygen atoms in total. The van der Waals surface area contributed by atoms with E-state index in [0.717, 1.165) is 6.08 Å². The molecule has 2 N–H and O–H groups in total. The highest BCUT2D eigenvalue weighted by molar-refractivity contribution is 6.01. The van der Waals surface area contributed by atoms with E-state index in [1.54, 1.807) is 12.1 Å². The number of rotatable bonds is 3. The summed E-state index contributed by atoms with van der Waals surface area (Å²) in [7, 11) is 0. The van der Waals surface area contributed by atoms with E-state index in [4.69, 9.17) is 11.0 Å². The maximum atomic E-state index is 10.8. The Hall–Kier alpha value is -2.68. The van der Waals surface area contributed by atoms with Crippen LogP contribution in [0.25, 0.3) is 6.08 Å². The summed E-state index contributed by atoms with van der Waals surface area (Å²) in [5.74, 6) is -0.916. The highest BCUT2D eigenvalue weighted by Crippen LogP contribution is 2.20. The molecule has 0 heterocycles. The number of primary amides is 1. The minimum atomic E-state index is -0.916. The third-order valence-electron chi connectivity index (χ3n) is 1.82. The molecule has 0 aliphatic carbocycles. The molecule has 16 heavy (non-hydrogen) atoms. The standard InChI is InChI=1S/C10H7N3O3/c11-6-8(10(12)14)5-7-3-1-2-4-9(7)13(15)16/h1-5H,(H2,12,14)/b8-5+. The van der Waals surface area contributed by atoms with Crippen molar-refractivity contribution in [3.8, 4) is 6.07 Å². The molecule has 1 rings (SSSR count). The van der Waals surface area contributed by atoms with Crippen LogP contribution < -0.4 is 5.73 Å². The number of para-hydroxylation sites is 1. The number of nitriles is 1. The minimum absolute atomic E-state index is 0.169. The summed E-state index contributed by atoms with van der Waals surface area (Å²) in [6.45, 7) is 0. The van der Waals surface area contributed by atoms with E-state index in [1.165, 1.54) is 18.2 Å². The molecule has 6 heteroatoms. The minimum Gasteiger partial charge on any atom is -0.365 e. The van der Waals surface area contributed by atoms with Gasteiger partial charge in [-0.3, -0.25) is 14.9 Å². The van der Waals surface area contributed by atoms with Gasteiger partial charge >= 0.3 is 0 Å². The zero-order chi connectivity index (χ0) is 12.1. The van der Waals surface area contributed by atoms with Crippen LogP contribution in [0, 0.1) is 21.4 Å². The van der Waals surface area contributed by atoms with E-state index >= 15 is 0 Å². The second-order valence-electron chi connectivity index (χ2n) is 2.85. The third-order valence-corrected chi connectivity index (χ3v) is 1.82. The number of carbonyl (C=O) groups is 1. The van der Waals surface area contributed by atoms with Gasteiger partial charge in [-0.1, -0.05) is 12.1 Å². The van der Waals surface area contributed by atoms with Gasteiger partial charge in [-0.25, -0.2) is 0 Å². The van der Waals surface area contributed by atoms with Gasteiger partial charge in [0.1, 0.15) is 11.6 Å². The number of nitrogens with zero attached hydrogens (tertiary/aromatic N) is 2. The van der Waals surface area contributed by atoms with Crippen LogP contribution in [-0.2, 0) is 4.79 Å². The summed E-state index contributed by atoms with van der Waals surface area (Å²) in [5.41, 5.74) is 4.58. The number of hydrogen-bond donors (Lipinski definition) is 1. The van der Waals surface area contributed by atoms with Gasteiger partial charge in [0.15, 0.2) is 0 Å². The van der Waals surface area contributed by atoms with Crippen molar-refractivity contribution in [2.75, 3.05) is 0 Å². The zero-order valence-corrected chi connectivity index (χ0v) is 8.08. The van der Waals surface area contributed by atoms with Gasteiger partial charge in [0, 0.05) is 6.07 Å². The van der Waals surface area contributed by atoms with E-state index in [9.17, 15) is 14.9 Å². The number of nitro benzene ring substituents is 1. The molecule has 0 spiro atoms. The van der Waals surface area contributed by atoms with Crippen LogP contribution >= 0.6 is 0 Å². The molecule has 0 aliphatic heterocycles. The number of hydrogen-bond acceptors (Lipinski definition) is 4. The molecule has 0 saturated heterocycles. The molecule has 80 valence electrons. The lowest BCUT2D eigenvalue weighted by molar-refractivity contribution is -0.385. The van der Waals surface area contributed by atoms with Crippen molar-refractivity contribution >= 4 is 17.7 Å². The molecule has 0 saturated carbocycles. The highest BCUT2D eigenvalue weighted by atomic mass is 16.6. The quantitative estimate of drug-likeness (QED) is 0.352. The fourth-order valence-electron chi connectivity index (χ4n) is 1.09. The Morgan fingerprint density at radius 2 is 2.12 bits per heavy atom. The Morgan fingerprint density at radius 1 is 1.50 bits per heavy atom. The van der Waals surface area contributed by atoms with Gasteiger partial charge in [-0.15, -0.1) is 0 Å². The highest BCUT2D eigenvalue weighted by Gasteiger charge is 2.12. The molecule has 0 aromatic heterocycles. The van der Waals surface area contributed by atoms with Gasteiger partial charge in [-0.2, -0.15) is 5.26 Å². The van der Waals surface area contributed by atoms with E-state index in [1.807, 2.05) is 0 Å². The van der Waals surface area contributed by atoms with Crippen molar-refractivity contribution in [2.24, 2.45) is 5.73 Å². The molecular weight excluding hydrogens is 210 g/mol. The lowest BCUT2D eigenvalue weighted by atomic mass is 10.1. The molecule has 0 unspecified atom stereocenters. The van der Waals surface area contributed by atoms with Crippen molar-refractivity contribution in [3.05, 3.63) is 45.5 Å². The smallest absolute Gasteiger partial charge is 0.276 e. The molecular formula is C10H7N3O3. The topological polar surface area (TPSA) is 110 Å². The normalized spacial score (nSPS) is 10.6. The van der Waals surface area contributed by atoms with Crippen LogP contribution in [0.5, 0.6) is 0 Å². The Labute approximate surface area is 90.7 Å². The molecule has 1 aromatic rings. The summed E-state index contributed by atoms with van der Waals surface area (Å²) in [5, 5.41) is 19.2. The van der Waals surface area contributed by atoms with E-state index in [-0.39, 0.29) is 16.8 Å². The SMILES string of the molecule is N#C/C(=C\c1ccccc1[N+](=O)[O-])C(N)=O. The van der Waals surface area contributed by atoms with Crippen LogP contribution in [0.1, 0.15) is 5.56 Å². The van der Waals surface area contributed by atoms with Gasteiger partial charge < -0.3 is 5.73 Å². The summed E-state index contributed by atoms with van der Waals surface area (Å²) < 4.78 is 0. The first-order chi connectivity index (χ1) is 7.56. The number of amides is 1. The van der Waals surface area contributed by atoms with E-state index in [0.29, 0.717) is 0 Å². The lowest BCUT2D eigenvalue weighted by Gasteiger charge is -1.97. The third kappa shape index (κ3) is 2.42. The maximum Gasteiger partial charge on any atom is 0.276 e. The maximum absolute atomic E-state index is 10.8. The molecule has 0 atom stereocenters. The molecule has 1 amide bonds. The molecule has 0 fully saturated rings.